The summed E-state index contributed by atoms with van der Waals surface area (Å²) < 4.78 is 11.3. The van der Waals surface area contributed by atoms with E-state index < -0.39 is 0 Å². The Hall–Kier alpha value is -2.04. The second-order valence-corrected chi connectivity index (χ2v) is 7.24. The van der Waals surface area contributed by atoms with Crippen molar-refractivity contribution in [1.82, 2.24) is 10.1 Å². The molecule has 0 spiro atoms. The summed E-state index contributed by atoms with van der Waals surface area (Å²) in [5, 5.41) is 3.95. The molecule has 2 aromatic rings. The van der Waals surface area contributed by atoms with Crippen molar-refractivity contribution in [3.05, 3.63) is 41.2 Å². The third-order valence-corrected chi connectivity index (χ3v) is 5.29. The van der Waals surface area contributed by atoms with Gasteiger partial charge in [-0.3, -0.25) is 4.79 Å². The number of rotatable bonds is 5. The fraction of sp³-hybridized carbons (Fsp3) is 0.579. The Morgan fingerprint density at radius 1 is 1.38 bits per heavy atom. The standard InChI is InChI=1S/C19H24N2O3/c1-12-10-15(12)17-7-5-14(23-17)6-8-19(22)21-9-3-4-16(21)18-11-13(2)20-24-18/h5,7,11-12,15-16H,3-4,6,8-10H2,1-2H3/t12-,15-,16+/m1/s1. The van der Waals surface area contributed by atoms with Crippen LogP contribution in [0, 0.1) is 12.8 Å². The van der Waals surface area contributed by atoms with E-state index in [0.717, 1.165) is 48.3 Å². The van der Waals surface area contributed by atoms with Crippen LogP contribution in [0.1, 0.15) is 67.5 Å². The quantitative estimate of drug-likeness (QED) is 0.832. The summed E-state index contributed by atoms with van der Waals surface area (Å²) >= 11 is 0. The molecule has 0 radical (unpaired) electrons. The van der Waals surface area contributed by atoms with Crippen molar-refractivity contribution in [3.63, 3.8) is 0 Å². The number of aromatic nitrogens is 1. The van der Waals surface area contributed by atoms with Crippen LogP contribution in [0.25, 0.3) is 0 Å². The Balaban J connectivity index is 1.36. The monoisotopic (exact) mass is 328 g/mol. The van der Waals surface area contributed by atoms with Crippen LogP contribution in [0.5, 0.6) is 0 Å². The molecule has 1 aliphatic heterocycles. The largest absolute Gasteiger partial charge is 0.466 e. The highest BCUT2D eigenvalue weighted by Crippen LogP contribution is 2.47. The molecule has 1 amide bonds. The van der Waals surface area contributed by atoms with E-state index in [0.29, 0.717) is 18.8 Å². The average molecular weight is 328 g/mol. The van der Waals surface area contributed by atoms with Gasteiger partial charge in [0.25, 0.3) is 0 Å². The lowest BCUT2D eigenvalue weighted by Gasteiger charge is -2.22. The minimum atomic E-state index is 0.0400. The van der Waals surface area contributed by atoms with Crippen LogP contribution in [0.4, 0.5) is 0 Å². The molecule has 1 saturated carbocycles. The maximum absolute atomic E-state index is 12.6. The lowest BCUT2D eigenvalue weighted by molar-refractivity contribution is -0.132. The van der Waals surface area contributed by atoms with Crippen molar-refractivity contribution in [2.75, 3.05) is 6.54 Å². The smallest absolute Gasteiger partial charge is 0.223 e. The fourth-order valence-electron chi connectivity index (χ4n) is 3.72. The first kappa shape index (κ1) is 15.5. The maximum Gasteiger partial charge on any atom is 0.223 e. The maximum atomic E-state index is 12.6. The van der Waals surface area contributed by atoms with Gasteiger partial charge in [0.2, 0.25) is 5.91 Å². The zero-order valence-electron chi connectivity index (χ0n) is 14.3. The van der Waals surface area contributed by atoms with Gasteiger partial charge in [-0.25, -0.2) is 0 Å². The number of carbonyl (C=O) groups is 1. The molecule has 0 aromatic carbocycles. The number of likely N-dealkylation sites (tertiary alicyclic amines) is 1. The summed E-state index contributed by atoms with van der Waals surface area (Å²) in [5.41, 5.74) is 0.863. The summed E-state index contributed by atoms with van der Waals surface area (Å²) in [4.78, 5) is 14.6. The second kappa shape index (κ2) is 6.11. The molecule has 0 N–H and O–H groups in total. The van der Waals surface area contributed by atoms with E-state index in [-0.39, 0.29) is 11.9 Å². The van der Waals surface area contributed by atoms with E-state index in [1.165, 1.54) is 6.42 Å². The minimum absolute atomic E-state index is 0.0400. The first-order valence-corrected chi connectivity index (χ1v) is 8.93. The van der Waals surface area contributed by atoms with Gasteiger partial charge in [0, 0.05) is 31.4 Å². The summed E-state index contributed by atoms with van der Waals surface area (Å²) in [7, 11) is 0. The zero-order valence-corrected chi connectivity index (χ0v) is 14.3. The Morgan fingerprint density at radius 3 is 2.92 bits per heavy atom. The molecule has 1 aliphatic carbocycles. The summed E-state index contributed by atoms with van der Waals surface area (Å²) in [6, 6.07) is 6.07. The van der Waals surface area contributed by atoms with E-state index in [4.69, 9.17) is 8.94 Å². The number of aryl methyl sites for hydroxylation is 2. The molecule has 0 unspecified atom stereocenters. The van der Waals surface area contributed by atoms with Crippen molar-refractivity contribution < 1.29 is 13.7 Å². The van der Waals surface area contributed by atoms with Gasteiger partial charge < -0.3 is 13.8 Å². The van der Waals surface area contributed by atoms with Crippen molar-refractivity contribution in [2.24, 2.45) is 5.92 Å². The summed E-state index contributed by atoms with van der Waals surface area (Å²) in [5.74, 6) is 4.31. The topological polar surface area (TPSA) is 59.5 Å². The van der Waals surface area contributed by atoms with Gasteiger partial charge in [-0.15, -0.1) is 0 Å². The lowest BCUT2D eigenvalue weighted by atomic mass is 10.1. The number of hydrogen-bond acceptors (Lipinski definition) is 4. The molecule has 0 bridgehead atoms. The Morgan fingerprint density at radius 2 is 2.21 bits per heavy atom. The molecule has 128 valence electrons. The van der Waals surface area contributed by atoms with Crippen LogP contribution in [0.3, 0.4) is 0 Å². The molecule has 1 saturated heterocycles. The summed E-state index contributed by atoms with van der Waals surface area (Å²) in [6.45, 7) is 4.95. The Bertz CT molecular complexity index is 733. The average Bonchev–Trinajstić information content (AvgIpc) is 3.03. The number of amides is 1. The van der Waals surface area contributed by atoms with Crippen LogP contribution >= 0.6 is 0 Å². The van der Waals surface area contributed by atoms with Gasteiger partial charge in [-0.05, 0) is 44.2 Å². The van der Waals surface area contributed by atoms with Crippen LogP contribution in [-0.4, -0.2) is 22.5 Å². The van der Waals surface area contributed by atoms with E-state index in [2.05, 4.69) is 18.1 Å². The van der Waals surface area contributed by atoms with E-state index >= 15 is 0 Å². The SMILES string of the molecule is Cc1cc([C@@H]2CCCN2C(=O)CCc2ccc([C@@H]3C[C@H]3C)o2)on1. The fourth-order valence-corrected chi connectivity index (χ4v) is 3.72. The number of hydrogen-bond donors (Lipinski definition) is 0. The third-order valence-electron chi connectivity index (χ3n) is 5.29. The molecule has 2 aliphatic rings. The van der Waals surface area contributed by atoms with E-state index in [1.807, 2.05) is 24.0 Å². The normalized spacial score (nSPS) is 26.1. The van der Waals surface area contributed by atoms with Crippen molar-refractivity contribution in [1.29, 1.82) is 0 Å². The van der Waals surface area contributed by atoms with Crippen LogP contribution < -0.4 is 0 Å². The molecular formula is C19H24N2O3. The number of nitrogens with zero attached hydrogens (tertiary/aromatic N) is 2. The molecule has 3 heterocycles. The van der Waals surface area contributed by atoms with Crippen molar-refractivity contribution in [2.45, 2.75) is 57.9 Å². The van der Waals surface area contributed by atoms with Gasteiger partial charge >= 0.3 is 0 Å². The molecule has 2 aromatic heterocycles. The van der Waals surface area contributed by atoms with Gasteiger partial charge in [-0.2, -0.15) is 0 Å². The second-order valence-electron chi connectivity index (χ2n) is 7.24. The van der Waals surface area contributed by atoms with E-state index in [9.17, 15) is 4.79 Å². The van der Waals surface area contributed by atoms with Crippen LogP contribution in [-0.2, 0) is 11.2 Å². The highest BCUT2D eigenvalue weighted by molar-refractivity contribution is 5.77. The Labute approximate surface area is 142 Å². The Kier molecular flexibility index (Phi) is 3.94. The molecule has 24 heavy (non-hydrogen) atoms. The number of furan rings is 1. The highest BCUT2D eigenvalue weighted by atomic mass is 16.5. The van der Waals surface area contributed by atoms with Gasteiger partial charge in [0.1, 0.15) is 11.5 Å². The third kappa shape index (κ3) is 2.99. The van der Waals surface area contributed by atoms with Crippen molar-refractivity contribution >= 4 is 5.91 Å². The molecule has 2 fully saturated rings. The molecular weight excluding hydrogens is 304 g/mol. The first-order chi connectivity index (χ1) is 11.6. The molecule has 5 heteroatoms. The zero-order chi connectivity index (χ0) is 16.7. The molecule has 5 nitrogen and oxygen atoms in total. The lowest BCUT2D eigenvalue weighted by Crippen LogP contribution is -2.30. The van der Waals surface area contributed by atoms with Gasteiger partial charge in [0.05, 0.1) is 11.7 Å². The molecule has 4 rings (SSSR count). The van der Waals surface area contributed by atoms with Gasteiger partial charge in [0.15, 0.2) is 5.76 Å². The molecule has 3 atom stereocenters. The van der Waals surface area contributed by atoms with Gasteiger partial charge in [-0.1, -0.05) is 12.1 Å². The van der Waals surface area contributed by atoms with Crippen LogP contribution in [0.2, 0.25) is 0 Å². The van der Waals surface area contributed by atoms with Crippen molar-refractivity contribution in [3.8, 4) is 0 Å². The number of carbonyl (C=O) groups excluding carboxylic acids is 1. The predicted molar refractivity (Wildman–Crippen MR) is 88.5 cm³/mol. The summed E-state index contributed by atoms with van der Waals surface area (Å²) in [6.07, 6.45) is 4.33. The minimum Gasteiger partial charge on any atom is -0.466 e. The predicted octanol–water partition coefficient (Wildman–Crippen LogP) is 4.00. The van der Waals surface area contributed by atoms with Crippen LogP contribution in [0.15, 0.2) is 27.1 Å². The van der Waals surface area contributed by atoms with E-state index in [1.54, 1.807) is 0 Å². The first-order valence-electron chi connectivity index (χ1n) is 8.93. The highest BCUT2D eigenvalue weighted by Gasteiger charge is 2.36.